The SMILES string of the molecule is Cc1cccc(-c2ccc(Br)c(C(N)=O)c2)c1. The summed E-state index contributed by atoms with van der Waals surface area (Å²) in [6.45, 7) is 2.04. The number of nitrogens with two attached hydrogens (primary N) is 1. The molecule has 0 saturated carbocycles. The summed E-state index contributed by atoms with van der Waals surface area (Å²) in [4.78, 5) is 11.3. The third kappa shape index (κ3) is 2.56. The van der Waals surface area contributed by atoms with Crippen molar-refractivity contribution in [2.24, 2.45) is 5.73 Å². The highest BCUT2D eigenvalue weighted by Crippen LogP contribution is 2.25. The second kappa shape index (κ2) is 4.72. The molecular weight excluding hydrogens is 278 g/mol. The minimum Gasteiger partial charge on any atom is -0.366 e. The van der Waals surface area contributed by atoms with Gasteiger partial charge in [-0.05, 0) is 46.1 Å². The lowest BCUT2D eigenvalue weighted by Crippen LogP contribution is -2.11. The van der Waals surface area contributed by atoms with Gasteiger partial charge in [0.25, 0.3) is 0 Å². The van der Waals surface area contributed by atoms with Crippen molar-refractivity contribution in [3.05, 3.63) is 58.1 Å². The van der Waals surface area contributed by atoms with Crippen molar-refractivity contribution in [3.8, 4) is 11.1 Å². The Morgan fingerprint density at radius 3 is 2.47 bits per heavy atom. The molecule has 3 heteroatoms. The number of hydrogen-bond acceptors (Lipinski definition) is 1. The van der Waals surface area contributed by atoms with Gasteiger partial charge in [0.2, 0.25) is 5.91 Å². The van der Waals surface area contributed by atoms with Crippen LogP contribution in [0.25, 0.3) is 11.1 Å². The summed E-state index contributed by atoms with van der Waals surface area (Å²) in [5, 5.41) is 0. The van der Waals surface area contributed by atoms with Crippen molar-refractivity contribution >= 4 is 21.8 Å². The number of amides is 1. The number of rotatable bonds is 2. The summed E-state index contributed by atoms with van der Waals surface area (Å²) >= 11 is 3.32. The second-order valence-electron chi connectivity index (χ2n) is 3.93. The monoisotopic (exact) mass is 289 g/mol. The topological polar surface area (TPSA) is 43.1 Å². The van der Waals surface area contributed by atoms with Crippen molar-refractivity contribution in [3.63, 3.8) is 0 Å². The summed E-state index contributed by atoms with van der Waals surface area (Å²) in [7, 11) is 0. The molecule has 0 aliphatic heterocycles. The Bertz CT molecular complexity index is 578. The smallest absolute Gasteiger partial charge is 0.249 e. The molecule has 2 N–H and O–H groups in total. The molecule has 86 valence electrons. The first-order valence-electron chi connectivity index (χ1n) is 5.24. The van der Waals surface area contributed by atoms with Crippen LogP contribution < -0.4 is 5.73 Å². The van der Waals surface area contributed by atoms with Gasteiger partial charge in [0.15, 0.2) is 0 Å². The van der Waals surface area contributed by atoms with Crippen LogP contribution in [0.15, 0.2) is 46.9 Å². The van der Waals surface area contributed by atoms with E-state index >= 15 is 0 Å². The number of aryl methyl sites for hydroxylation is 1. The summed E-state index contributed by atoms with van der Waals surface area (Å²) in [5.74, 6) is -0.425. The van der Waals surface area contributed by atoms with Gasteiger partial charge in [-0.1, -0.05) is 35.9 Å². The van der Waals surface area contributed by atoms with Gasteiger partial charge < -0.3 is 5.73 Å². The quantitative estimate of drug-likeness (QED) is 0.903. The first-order chi connectivity index (χ1) is 8.08. The van der Waals surface area contributed by atoms with Crippen LogP contribution in [0.5, 0.6) is 0 Å². The van der Waals surface area contributed by atoms with E-state index in [0.29, 0.717) is 5.56 Å². The zero-order valence-electron chi connectivity index (χ0n) is 9.41. The van der Waals surface area contributed by atoms with E-state index in [1.165, 1.54) is 5.56 Å². The van der Waals surface area contributed by atoms with Gasteiger partial charge in [-0.25, -0.2) is 0 Å². The molecule has 2 rings (SSSR count). The number of carbonyl (C=O) groups excluding carboxylic acids is 1. The summed E-state index contributed by atoms with van der Waals surface area (Å²) in [5.41, 5.74) is 9.09. The van der Waals surface area contributed by atoms with Crippen molar-refractivity contribution < 1.29 is 4.79 Å². The zero-order chi connectivity index (χ0) is 12.4. The Morgan fingerprint density at radius 2 is 1.82 bits per heavy atom. The van der Waals surface area contributed by atoms with E-state index in [2.05, 4.69) is 22.0 Å². The molecular formula is C14H12BrNO. The first-order valence-corrected chi connectivity index (χ1v) is 6.03. The van der Waals surface area contributed by atoms with Gasteiger partial charge in [0.05, 0.1) is 5.56 Å². The molecule has 0 unspecified atom stereocenters. The molecule has 2 nitrogen and oxygen atoms in total. The fraction of sp³-hybridized carbons (Fsp3) is 0.0714. The van der Waals surface area contributed by atoms with Gasteiger partial charge in [-0.2, -0.15) is 0 Å². The predicted octanol–water partition coefficient (Wildman–Crippen LogP) is 3.52. The highest BCUT2D eigenvalue weighted by atomic mass is 79.9. The molecule has 0 heterocycles. The predicted molar refractivity (Wildman–Crippen MR) is 72.8 cm³/mol. The highest BCUT2D eigenvalue weighted by molar-refractivity contribution is 9.10. The molecule has 0 saturated heterocycles. The molecule has 0 fully saturated rings. The van der Waals surface area contributed by atoms with Gasteiger partial charge in [0.1, 0.15) is 0 Å². The van der Waals surface area contributed by atoms with Crippen LogP contribution in [0.1, 0.15) is 15.9 Å². The van der Waals surface area contributed by atoms with Crippen LogP contribution in [0.2, 0.25) is 0 Å². The first kappa shape index (κ1) is 11.9. The Hall–Kier alpha value is -1.61. The Morgan fingerprint density at radius 1 is 1.12 bits per heavy atom. The standard InChI is InChI=1S/C14H12BrNO/c1-9-3-2-4-10(7-9)11-5-6-13(15)12(8-11)14(16)17/h2-8H,1H3,(H2,16,17). The van der Waals surface area contributed by atoms with Gasteiger partial charge in [-0.15, -0.1) is 0 Å². The molecule has 2 aromatic rings. The van der Waals surface area contributed by atoms with E-state index in [0.717, 1.165) is 15.6 Å². The van der Waals surface area contributed by atoms with Crippen LogP contribution in [0.3, 0.4) is 0 Å². The minimum absolute atomic E-state index is 0.425. The number of halogens is 1. The van der Waals surface area contributed by atoms with E-state index in [1.807, 2.05) is 37.3 Å². The fourth-order valence-electron chi connectivity index (χ4n) is 1.72. The minimum atomic E-state index is -0.425. The van der Waals surface area contributed by atoms with Crippen molar-refractivity contribution in [1.29, 1.82) is 0 Å². The van der Waals surface area contributed by atoms with Crippen LogP contribution >= 0.6 is 15.9 Å². The van der Waals surface area contributed by atoms with Gasteiger partial charge in [0, 0.05) is 4.47 Å². The maximum Gasteiger partial charge on any atom is 0.249 e. The Labute approximate surface area is 109 Å². The van der Waals surface area contributed by atoms with Crippen molar-refractivity contribution in [1.82, 2.24) is 0 Å². The van der Waals surface area contributed by atoms with E-state index in [4.69, 9.17) is 5.73 Å². The molecule has 0 aliphatic carbocycles. The molecule has 0 aromatic heterocycles. The summed E-state index contributed by atoms with van der Waals surface area (Å²) < 4.78 is 0.724. The van der Waals surface area contributed by atoms with E-state index < -0.39 is 5.91 Å². The van der Waals surface area contributed by atoms with Gasteiger partial charge >= 0.3 is 0 Å². The summed E-state index contributed by atoms with van der Waals surface area (Å²) in [6.07, 6.45) is 0. The molecule has 0 bridgehead atoms. The van der Waals surface area contributed by atoms with E-state index in [-0.39, 0.29) is 0 Å². The lowest BCUT2D eigenvalue weighted by Gasteiger charge is -2.06. The number of benzene rings is 2. The Balaban J connectivity index is 2.54. The number of primary amides is 1. The normalized spacial score (nSPS) is 10.2. The maximum atomic E-state index is 11.3. The third-order valence-corrected chi connectivity index (χ3v) is 3.27. The van der Waals surface area contributed by atoms with Crippen LogP contribution in [-0.2, 0) is 0 Å². The molecule has 2 aromatic carbocycles. The fourth-order valence-corrected chi connectivity index (χ4v) is 2.16. The van der Waals surface area contributed by atoms with Crippen molar-refractivity contribution in [2.75, 3.05) is 0 Å². The van der Waals surface area contributed by atoms with Crippen molar-refractivity contribution in [2.45, 2.75) is 6.92 Å². The van der Waals surface area contributed by atoms with Gasteiger partial charge in [-0.3, -0.25) is 4.79 Å². The average molecular weight is 290 g/mol. The third-order valence-electron chi connectivity index (χ3n) is 2.58. The van der Waals surface area contributed by atoms with Crippen LogP contribution in [0, 0.1) is 6.92 Å². The highest BCUT2D eigenvalue weighted by Gasteiger charge is 2.08. The Kier molecular flexibility index (Phi) is 3.29. The maximum absolute atomic E-state index is 11.3. The lowest BCUT2D eigenvalue weighted by atomic mass is 10.0. The van der Waals surface area contributed by atoms with Crippen LogP contribution in [0.4, 0.5) is 0 Å². The molecule has 0 spiro atoms. The lowest BCUT2D eigenvalue weighted by molar-refractivity contribution is 0.0999. The number of hydrogen-bond donors (Lipinski definition) is 1. The van der Waals surface area contributed by atoms with Crippen LogP contribution in [-0.4, -0.2) is 5.91 Å². The summed E-state index contributed by atoms with van der Waals surface area (Å²) in [6, 6.07) is 13.7. The largest absolute Gasteiger partial charge is 0.366 e. The molecule has 17 heavy (non-hydrogen) atoms. The molecule has 1 amide bonds. The van der Waals surface area contributed by atoms with E-state index in [9.17, 15) is 4.79 Å². The average Bonchev–Trinajstić information content (AvgIpc) is 2.29. The molecule has 0 aliphatic rings. The van der Waals surface area contributed by atoms with E-state index in [1.54, 1.807) is 6.07 Å². The second-order valence-corrected chi connectivity index (χ2v) is 4.78. The zero-order valence-corrected chi connectivity index (χ0v) is 11.0. The number of carbonyl (C=O) groups is 1. The molecule has 0 atom stereocenters. The molecule has 0 radical (unpaired) electrons.